The normalized spacial score (nSPS) is 13.2. The van der Waals surface area contributed by atoms with Gasteiger partial charge in [0, 0.05) is 5.56 Å². The third-order valence-electron chi connectivity index (χ3n) is 3.58. The van der Waals surface area contributed by atoms with E-state index in [2.05, 4.69) is 5.32 Å². The fraction of sp³-hybridized carbons (Fsp3) is 0.167. The Hall–Kier alpha value is -2.57. The number of hydrogen-bond acceptors (Lipinski definition) is 5. The van der Waals surface area contributed by atoms with Crippen molar-refractivity contribution >= 4 is 17.2 Å². The SMILES string of the molecule is O=C(COc1ccccc1)NC[C@@](O)(c1ccsc1)c1ccco1. The molecule has 0 unspecified atom stereocenters. The van der Waals surface area contributed by atoms with Crippen LogP contribution in [-0.2, 0) is 10.4 Å². The first-order chi connectivity index (χ1) is 11.7. The lowest BCUT2D eigenvalue weighted by Crippen LogP contribution is -2.42. The molecule has 2 heterocycles. The van der Waals surface area contributed by atoms with Gasteiger partial charge in [-0.1, -0.05) is 18.2 Å². The topological polar surface area (TPSA) is 71.7 Å². The number of thiophene rings is 1. The second kappa shape index (κ2) is 7.33. The number of aliphatic hydroxyl groups is 1. The first kappa shape index (κ1) is 16.3. The molecule has 0 saturated carbocycles. The predicted octanol–water partition coefficient (Wildman–Crippen LogP) is 2.77. The maximum Gasteiger partial charge on any atom is 0.258 e. The van der Waals surface area contributed by atoms with Crippen LogP contribution in [0.15, 0.2) is 70.0 Å². The van der Waals surface area contributed by atoms with Crippen LogP contribution in [0.5, 0.6) is 5.75 Å². The molecule has 0 saturated heterocycles. The molecule has 1 atom stereocenters. The molecule has 2 N–H and O–H groups in total. The first-order valence-electron chi connectivity index (χ1n) is 7.42. The van der Waals surface area contributed by atoms with E-state index < -0.39 is 5.60 Å². The standard InChI is InChI=1S/C18H17NO4S/c20-17(11-23-15-5-2-1-3-6-15)19-13-18(21,14-8-10-24-12-14)16-7-4-9-22-16/h1-10,12,21H,11,13H2,(H,19,20)/t18-/m1/s1. The third-order valence-corrected chi connectivity index (χ3v) is 4.27. The Balaban J connectivity index is 1.63. The Kier molecular flexibility index (Phi) is 4.98. The largest absolute Gasteiger partial charge is 0.484 e. The van der Waals surface area contributed by atoms with Gasteiger partial charge in [-0.25, -0.2) is 0 Å². The molecule has 3 rings (SSSR count). The molecular weight excluding hydrogens is 326 g/mol. The molecule has 6 heteroatoms. The number of carbonyl (C=O) groups excluding carboxylic acids is 1. The highest BCUT2D eigenvalue weighted by Crippen LogP contribution is 2.30. The summed E-state index contributed by atoms with van der Waals surface area (Å²) in [6.45, 7) is -0.129. The first-order valence-corrected chi connectivity index (χ1v) is 8.36. The summed E-state index contributed by atoms with van der Waals surface area (Å²) in [7, 11) is 0. The van der Waals surface area contributed by atoms with Gasteiger partial charge in [-0.05, 0) is 41.1 Å². The predicted molar refractivity (Wildman–Crippen MR) is 91.0 cm³/mol. The van der Waals surface area contributed by atoms with E-state index in [1.54, 1.807) is 30.3 Å². The molecule has 124 valence electrons. The molecule has 1 aromatic carbocycles. The smallest absolute Gasteiger partial charge is 0.258 e. The van der Waals surface area contributed by atoms with Crippen LogP contribution in [0.1, 0.15) is 11.3 Å². The lowest BCUT2D eigenvalue weighted by molar-refractivity contribution is -0.124. The molecule has 0 bridgehead atoms. The minimum absolute atomic E-state index is 0.00572. The summed E-state index contributed by atoms with van der Waals surface area (Å²) in [5.41, 5.74) is -0.738. The van der Waals surface area contributed by atoms with Crippen molar-refractivity contribution in [2.45, 2.75) is 5.60 Å². The van der Waals surface area contributed by atoms with E-state index in [9.17, 15) is 9.90 Å². The highest BCUT2D eigenvalue weighted by Gasteiger charge is 2.35. The number of carbonyl (C=O) groups is 1. The molecule has 0 spiro atoms. The second-order valence-electron chi connectivity index (χ2n) is 5.23. The van der Waals surface area contributed by atoms with Crippen molar-refractivity contribution in [3.8, 4) is 5.75 Å². The second-order valence-corrected chi connectivity index (χ2v) is 6.01. The van der Waals surface area contributed by atoms with E-state index in [0.29, 0.717) is 17.1 Å². The highest BCUT2D eigenvalue weighted by atomic mass is 32.1. The van der Waals surface area contributed by atoms with Gasteiger partial charge in [-0.2, -0.15) is 11.3 Å². The number of furan rings is 1. The zero-order valence-corrected chi connectivity index (χ0v) is 13.7. The van der Waals surface area contributed by atoms with Crippen LogP contribution in [-0.4, -0.2) is 24.2 Å². The van der Waals surface area contributed by atoms with Gasteiger partial charge >= 0.3 is 0 Å². The maximum absolute atomic E-state index is 12.0. The minimum atomic E-state index is -1.41. The van der Waals surface area contributed by atoms with Gasteiger partial charge in [-0.15, -0.1) is 0 Å². The summed E-state index contributed by atoms with van der Waals surface area (Å²) < 4.78 is 10.8. The third kappa shape index (κ3) is 3.67. The number of nitrogens with one attached hydrogen (secondary N) is 1. The van der Waals surface area contributed by atoms with Crippen molar-refractivity contribution in [2.75, 3.05) is 13.2 Å². The summed E-state index contributed by atoms with van der Waals surface area (Å²) in [6, 6.07) is 14.3. The monoisotopic (exact) mass is 343 g/mol. The average molecular weight is 343 g/mol. The Morgan fingerprint density at radius 3 is 2.71 bits per heavy atom. The van der Waals surface area contributed by atoms with E-state index in [1.807, 2.05) is 29.0 Å². The van der Waals surface area contributed by atoms with Gasteiger partial charge in [0.05, 0.1) is 12.8 Å². The number of para-hydroxylation sites is 1. The molecule has 1 amide bonds. The molecular formula is C18H17NO4S. The lowest BCUT2D eigenvalue weighted by Gasteiger charge is -2.25. The van der Waals surface area contributed by atoms with E-state index in [4.69, 9.17) is 9.15 Å². The van der Waals surface area contributed by atoms with Crippen LogP contribution in [0, 0.1) is 0 Å². The van der Waals surface area contributed by atoms with Gasteiger partial charge < -0.3 is 19.6 Å². The molecule has 0 aliphatic heterocycles. The van der Waals surface area contributed by atoms with Crippen molar-refractivity contribution in [1.29, 1.82) is 0 Å². The van der Waals surface area contributed by atoms with Crippen molar-refractivity contribution in [3.63, 3.8) is 0 Å². The molecule has 2 aromatic heterocycles. The Bertz CT molecular complexity index is 719. The number of hydrogen-bond donors (Lipinski definition) is 2. The molecule has 5 nitrogen and oxygen atoms in total. The van der Waals surface area contributed by atoms with Gasteiger partial charge in [0.25, 0.3) is 5.91 Å². The summed E-state index contributed by atoms with van der Waals surface area (Å²) in [6.07, 6.45) is 1.49. The molecule has 0 fully saturated rings. The number of rotatable bonds is 7. The zero-order valence-electron chi connectivity index (χ0n) is 12.8. The van der Waals surface area contributed by atoms with Crippen LogP contribution in [0.4, 0.5) is 0 Å². The van der Waals surface area contributed by atoms with Gasteiger partial charge in [0.1, 0.15) is 11.5 Å². The summed E-state index contributed by atoms with van der Waals surface area (Å²) in [5.74, 6) is 0.677. The highest BCUT2D eigenvalue weighted by molar-refractivity contribution is 7.08. The van der Waals surface area contributed by atoms with Gasteiger partial charge in [0.2, 0.25) is 0 Å². The van der Waals surface area contributed by atoms with Crippen molar-refractivity contribution in [3.05, 3.63) is 76.9 Å². The van der Waals surface area contributed by atoms with Crippen LogP contribution >= 0.6 is 11.3 Å². The lowest BCUT2D eigenvalue weighted by atomic mass is 9.93. The number of ether oxygens (including phenoxy) is 1. The Labute approximate surface area is 143 Å². The quantitative estimate of drug-likeness (QED) is 0.692. The fourth-order valence-electron chi connectivity index (χ4n) is 2.29. The van der Waals surface area contributed by atoms with Crippen molar-refractivity contribution in [2.24, 2.45) is 0 Å². The van der Waals surface area contributed by atoms with Crippen LogP contribution in [0.25, 0.3) is 0 Å². The van der Waals surface area contributed by atoms with E-state index in [1.165, 1.54) is 17.6 Å². The molecule has 0 aliphatic rings. The molecule has 24 heavy (non-hydrogen) atoms. The fourth-order valence-corrected chi connectivity index (χ4v) is 3.01. The maximum atomic E-state index is 12.0. The number of amides is 1. The van der Waals surface area contributed by atoms with Gasteiger partial charge in [-0.3, -0.25) is 4.79 Å². The van der Waals surface area contributed by atoms with Crippen molar-refractivity contribution < 1.29 is 19.1 Å². The summed E-state index contributed by atoms with van der Waals surface area (Å²) >= 11 is 1.47. The van der Waals surface area contributed by atoms with Gasteiger partial charge in [0.15, 0.2) is 12.2 Å². The Morgan fingerprint density at radius 2 is 2.04 bits per heavy atom. The molecule has 0 radical (unpaired) electrons. The summed E-state index contributed by atoms with van der Waals surface area (Å²) in [5, 5.41) is 17.4. The van der Waals surface area contributed by atoms with E-state index in [0.717, 1.165) is 0 Å². The number of benzene rings is 1. The van der Waals surface area contributed by atoms with Crippen LogP contribution in [0.3, 0.4) is 0 Å². The zero-order chi connectivity index (χ0) is 16.8. The summed E-state index contributed by atoms with van der Waals surface area (Å²) in [4.78, 5) is 12.0. The Morgan fingerprint density at radius 1 is 1.21 bits per heavy atom. The van der Waals surface area contributed by atoms with Crippen molar-refractivity contribution in [1.82, 2.24) is 5.32 Å². The van der Waals surface area contributed by atoms with E-state index >= 15 is 0 Å². The van der Waals surface area contributed by atoms with Crippen LogP contribution in [0.2, 0.25) is 0 Å². The molecule has 0 aliphatic carbocycles. The average Bonchev–Trinajstić information content (AvgIpc) is 3.32. The minimum Gasteiger partial charge on any atom is -0.484 e. The van der Waals surface area contributed by atoms with Crippen LogP contribution < -0.4 is 10.1 Å². The van der Waals surface area contributed by atoms with E-state index in [-0.39, 0.29) is 19.1 Å². The molecule has 3 aromatic rings.